The molecule has 1 amide bonds. The summed E-state index contributed by atoms with van der Waals surface area (Å²) in [6.07, 6.45) is 4.69. The van der Waals surface area contributed by atoms with Gasteiger partial charge in [0.05, 0.1) is 11.9 Å². The van der Waals surface area contributed by atoms with Crippen molar-refractivity contribution >= 4 is 22.4 Å². The molecular formula is C12H13N3O2S. The number of rotatable bonds is 2. The zero-order valence-corrected chi connectivity index (χ0v) is 10.8. The Morgan fingerprint density at radius 2 is 2.50 bits per heavy atom. The monoisotopic (exact) mass is 263 g/mol. The quantitative estimate of drug-likeness (QED) is 0.904. The summed E-state index contributed by atoms with van der Waals surface area (Å²) in [6.45, 7) is 2.25. The molecule has 1 atom stereocenters. The van der Waals surface area contributed by atoms with Crippen molar-refractivity contribution in [3.8, 4) is 0 Å². The summed E-state index contributed by atoms with van der Waals surface area (Å²) in [6, 6.07) is 1.53. The Kier molecular flexibility index (Phi) is 2.87. The Labute approximate surface area is 108 Å². The fraction of sp³-hybridized carbons (Fsp3) is 0.417. The lowest BCUT2D eigenvalue weighted by atomic mass is 9.93. The number of aromatic nitrogens is 2. The molecule has 94 valence electrons. The molecule has 3 rings (SSSR count). The van der Waals surface area contributed by atoms with Crippen molar-refractivity contribution in [3.05, 3.63) is 28.6 Å². The maximum Gasteiger partial charge on any atom is 0.296 e. The van der Waals surface area contributed by atoms with E-state index < -0.39 is 0 Å². The highest BCUT2D eigenvalue weighted by atomic mass is 32.1. The first-order chi connectivity index (χ1) is 8.72. The molecule has 1 aliphatic rings. The molecule has 0 saturated heterocycles. The predicted octanol–water partition coefficient (Wildman–Crippen LogP) is 2.51. The Bertz CT molecular complexity index is 562. The van der Waals surface area contributed by atoms with Gasteiger partial charge in [-0.25, -0.2) is 4.98 Å². The highest BCUT2D eigenvalue weighted by molar-refractivity contribution is 7.15. The SMILES string of the molecule is CC1CCc2nc(NC(=O)c3ccno3)sc2C1. The van der Waals surface area contributed by atoms with E-state index in [0.717, 1.165) is 18.5 Å². The number of anilines is 1. The topological polar surface area (TPSA) is 68.0 Å². The van der Waals surface area contributed by atoms with Crippen molar-refractivity contribution in [2.24, 2.45) is 5.92 Å². The van der Waals surface area contributed by atoms with Gasteiger partial charge in [0.15, 0.2) is 5.13 Å². The van der Waals surface area contributed by atoms with E-state index in [1.165, 1.54) is 23.6 Å². The Hall–Kier alpha value is -1.69. The van der Waals surface area contributed by atoms with Gasteiger partial charge >= 0.3 is 0 Å². The van der Waals surface area contributed by atoms with Gasteiger partial charge in [0.1, 0.15) is 0 Å². The summed E-state index contributed by atoms with van der Waals surface area (Å²) in [5, 5.41) is 6.91. The maximum absolute atomic E-state index is 11.8. The van der Waals surface area contributed by atoms with Crippen LogP contribution >= 0.6 is 11.3 Å². The van der Waals surface area contributed by atoms with Crippen LogP contribution in [0.1, 0.15) is 34.5 Å². The molecule has 1 aliphatic carbocycles. The molecule has 2 aromatic rings. The van der Waals surface area contributed by atoms with E-state index in [4.69, 9.17) is 4.52 Å². The van der Waals surface area contributed by atoms with E-state index >= 15 is 0 Å². The summed E-state index contributed by atoms with van der Waals surface area (Å²) in [4.78, 5) is 17.5. The standard InChI is InChI=1S/C12H13N3O2S/c1-7-2-3-8-10(6-7)18-12(14-8)15-11(16)9-4-5-13-17-9/h4-5,7H,2-3,6H2,1H3,(H,14,15,16). The first-order valence-corrected chi connectivity index (χ1v) is 6.74. The lowest BCUT2D eigenvalue weighted by molar-refractivity contribution is 0.0988. The second kappa shape index (κ2) is 4.53. The fourth-order valence-corrected chi connectivity index (χ4v) is 3.25. The smallest absolute Gasteiger partial charge is 0.296 e. The maximum atomic E-state index is 11.8. The second-order valence-electron chi connectivity index (χ2n) is 4.57. The van der Waals surface area contributed by atoms with Crippen molar-refractivity contribution < 1.29 is 9.32 Å². The van der Waals surface area contributed by atoms with Gasteiger partial charge in [-0.3, -0.25) is 10.1 Å². The lowest BCUT2D eigenvalue weighted by Gasteiger charge is -2.15. The zero-order valence-electron chi connectivity index (χ0n) is 9.97. The number of nitrogens with one attached hydrogen (secondary N) is 1. The van der Waals surface area contributed by atoms with Crippen molar-refractivity contribution in [2.75, 3.05) is 5.32 Å². The molecular weight excluding hydrogens is 250 g/mol. The summed E-state index contributed by atoms with van der Waals surface area (Å²) < 4.78 is 4.80. The number of carbonyl (C=O) groups excluding carboxylic acids is 1. The van der Waals surface area contributed by atoms with E-state index in [9.17, 15) is 4.79 Å². The highest BCUT2D eigenvalue weighted by Gasteiger charge is 2.21. The van der Waals surface area contributed by atoms with Crippen molar-refractivity contribution in [2.45, 2.75) is 26.2 Å². The summed E-state index contributed by atoms with van der Waals surface area (Å²) >= 11 is 1.56. The molecule has 1 N–H and O–H groups in total. The minimum Gasteiger partial charge on any atom is -0.351 e. The number of thiazole rings is 1. The Balaban J connectivity index is 1.76. The molecule has 0 saturated carbocycles. The number of carbonyl (C=O) groups is 1. The third-order valence-corrected chi connectivity index (χ3v) is 4.10. The summed E-state index contributed by atoms with van der Waals surface area (Å²) in [5.74, 6) is 0.610. The molecule has 0 aromatic carbocycles. The van der Waals surface area contributed by atoms with Gasteiger partial charge in [0.25, 0.3) is 5.91 Å². The van der Waals surface area contributed by atoms with Crippen LogP contribution in [0, 0.1) is 5.92 Å². The number of nitrogens with zero attached hydrogens (tertiary/aromatic N) is 2. The Morgan fingerprint density at radius 1 is 1.61 bits per heavy atom. The lowest BCUT2D eigenvalue weighted by Crippen LogP contribution is -2.11. The molecule has 6 heteroatoms. The highest BCUT2D eigenvalue weighted by Crippen LogP contribution is 2.32. The molecule has 0 bridgehead atoms. The summed E-state index contributed by atoms with van der Waals surface area (Å²) in [5.41, 5.74) is 1.13. The van der Waals surface area contributed by atoms with Crippen molar-refractivity contribution in [1.29, 1.82) is 0 Å². The molecule has 2 aromatic heterocycles. The largest absolute Gasteiger partial charge is 0.351 e. The van der Waals surface area contributed by atoms with Crippen LogP contribution in [-0.2, 0) is 12.8 Å². The van der Waals surface area contributed by atoms with Crippen LogP contribution in [0.2, 0.25) is 0 Å². The number of amides is 1. The number of hydrogen-bond acceptors (Lipinski definition) is 5. The number of fused-ring (bicyclic) bond motifs is 1. The minimum atomic E-state index is -0.299. The molecule has 5 nitrogen and oxygen atoms in total. The van der Waals surface area contributed by atoms with E-state index in [1.807, 2.05) is 0 Å². The average molecular weight is 263 g/mol. The normalized spacial score (nSPS) is 18.4. The second-order valence-corrected chi connectivity index (χ2v) is 5.65. The van der Waals surface area contributed by atoms with Gasteiger partial charge in [-0.1, -0.05) is 12.1 Å². The fourth-order valence-electron chi connectivity index (χ4n) is 2.08. The van der Waals surface area contributed by atoms with E-state index in [0.29, 0.717) is 11.0 Å². The van der Waals surface area contributed by atoms with Crippen molar-refractivity contribution in [3.63, 3.8) is 0 Å². The van der Waals surface area contributed by atoms with E-state index in [2.05, 4.69) is 22.4 Å². The van der Waals surface area contributed by atoms with Crippen LogP contribution in [0.25, 0.3) is 0 Å². The van der Waals surface area contributed by atoms with Crippen LogP contribution in [0.15, 0.2) is 16.8 Å². The van der Waals surface area contributed by atoms with Gasteiger partial charge in [-0.15, -0.1) is 11.3 Å². The first kappa shape index (κ1) is 11.4. The molecule has 0 spiro atoms. The van der Waals surface area contributed by atoms with Crippen LogP contribution < -0.4 is 5.32 Å². The van der Waals surface area contributed by atoms with Gasteiger partial charge in [-0.2, -0.15) is 0 Å². The van der Waals surface area contributed by atoms with Crippen LogP contribution in [0.3, 0.4) is 0 Å². The van der Waals surface area contributed by atoms with Gasteiger partial charge in [-0.05, 0) is 25.2 Å². The molecule has 0 fully saturated rings. The van der Waals surface area contributed by atoms with Crippen LogP contribution in [-0.4, -0.2) is 16.0 Å². The van der Waals surface area contributed by atoms with Crippen LogP contribution in [0.4, 0.5) is 5.13 Å². The van der Waals surface area contributed by atoms with Gasteiger partial charge in [0, 0.05) is 10.9 Å². The number of hydrogen-bond donors (Lipinski definition) is 1. The zero-order chi connectivity index (χ0) is 12.5. The Morgan fingerprint density at radius 3 is 3.28 bits per heavy atom. The van der Waals surface area contributed by atoms with Gasteiger partial charge < -0.3 is 4.52 Å². The minimum absolute atomic E-state index is 0.205. The summed E-state index contributed by atoms with van der Waals surface area (Å²) in [7, 11) is 0. The predicted molar refractivity (Wildman–Crippen MR) is 67.8 cm³/mol. The molecule has 0 radical (unpaired) electrons. The molecule has 0 aliphatic heterocycles. The van der Waals surface area contributed by atoms with E-state index in [1.54, 1.807) is 11.3 Å². The average Bonchev–Trinajstić information content (AvgIpc) is 2.95. The number of aryl methyl sites for hydroxylation is 1. The van der Waals surface area contributed by atoms with Crippen LogP contribution in [0.5, 0.6) is 0 Å². The third kappa shape index (κ3) is 2.15. The van der Waals surface area contributed by atoms with Crippen molar-refractivity contribution in [1.82, 2.24) is 10.1 Å². The first-order valence-electron chi connectivity index (χ1n) is 5.93. The molecule has 2 heterocycles. The molecule has 18 heavy (non-hydrogen) atoms. The third-order valence-electron chi connectivity index (χ3n) is 3.07. The van der Waals surface area contributed by atoms with E-state index in [-0.39, 0.29) is 11.7 Å². The molecule has 1 unspecified atom stereocenters. The van der Waals surface area contributed by atoms with Gasteiger partial charge in [0.2, 0.25) is 5.76 Å².